The van der Waals surface area contributed by atoms with E-state index < -0.39 is 17.8 Å². The molecule has 6 heteroatoms. The minimum absolute atomic E-state index is 0. The van der Waals surface area contributed by atoms with Gasteiger partial charge in [-0.05, 0) is 0 Å². The van der Waals surface area contributed by atoms with Crippen molar-refractivity contribution >= 4 is 0 Å². The van der Waals surface area contributed by atoms with Gasteiger partial charge in [0.25, 0.3) is 0 Å². The van der Waals surface area contributed by atoms with Gasteiger partial charge in [0, 0.05) is 6.07 Å². The van der Waals surface area contributed by atoms with Crippen LogP contribution >= 0.6 is 0 Å². The summed E-state index contributed by atoms with van der Waals surface area (Å²) in [6, 6.07) is 0.975. The van der Waals surface area contributed by atoms with Crippen molar-refractivity contribution in [1.82, 2.24) is 0 Å². The molecule has 5 nitrogen and oxygen atoms in total. The Bertz CT molecular complexity index is 282. The van der Waals surface area contributed by atoms with Gasteiger partial charge in [-0.3, -0.25) is 4.79 Å². The molecule has 0 atom stereocenters. The van der Waals surface area contributed by atoms with Crippen LogP contribution in [0.15, 0.2) is 21.5 Å². The molecule has 62 valence electrons. The summed E-state index contributed by atoms with van der Waals surface area (Å²) in [5, 5.41) is 18.7. The van der Waals surface area contributed by atoms with E-state index in [0.29, 0.717) is 0 Å². The van der Waals surface area contributed by atoms with Crippen molar-refractivity contribution in [1.29, 1.82) is 0 Å². The van der Waals surface area contributed by atoms with E-state index >= 15 is 0 Å². The zero-order valence-corrected chi connectivity index (χ0v) is 8.53. The molecule has 1 aromatic rings. The maximum absolute atomic E-state index is 10.5. The first-order valence-corrected chi connectivity index (χ1v) is 2.63. The van der Waals surface area contributed by atoms with Crippen LogP contribution in [-0.2, 0) is 6.61 Å². The van der Waals surface area contributed by atoms with Crippen molar-refractivity contribution in [2.75, 3.05) is 0 Å². The van der Waals surface area contributed by atoms with Crippen molar-refractivity contribution in [3.8, 4) is 5.75 Å². The van der Waals surface area contributed by atoms with Crippen LogP contribution in [0.3, 0.4) is 0 Å². The number of rotatable bonds is 1. The molecule has 0 spiro atoms. The van der Waals surface area contributed by atoms with Gasteiger partial charge in [-0.2, -0.15) is 0 Å². The summed E-state index contributed by atoms with van der Waals surface area (Å²) in [5.74, 6) is -0.444. The third-order valence-electron chi connectivity index (χ3n) is 1.01. The molecular formula is C6H7NaO5. The molecule has 0 amide bonds. The Morgan fingerprint density at radius 1 is 1.58 bits per heavy atom. The molecule has 12 heavy (non-hydrogen) atoms. The summed E-state index contributed by atoms with van der Waals surface area (Å²) < 4.78 is 4.53. The molecule has 0 aliphatic rings. The Morgan fingerprint density at radius 3 is 2.58 bits per heavy atom. The van der Waals surface area contributed by atoms with Crippen molar-refractivity contribution in [3.05, 3.63) is 28.3 Å². The third kappa shape index (κ3) is 3.38. The predicted octanol–water partition coefficient (Wildman–Crippen LogP) is -4.61. The van der Waals surface area contributed by atoms with Gasteiger partial charge < -0.3 is 20.1 Å². The molecule has 1 aromatic heterocycles. The van der Waals surface area contributed by atoms with Crippen molar-refractivity contribution in [2.45, 2.75) is 6.61 Å². The topological polar surface area (TPSA) is 105 Å². The fraction of sp³-hybridized carbons (Fsp3) is 0.167. The smallest absolute Gasteiger partial charge is 0.849 e. The molecule has 0 saturated carbocycles. The molecule has 0 radical (unpaired) electrons. The van der Waals surface area contributed by atoms with Crippen LogP contribution in [0.25, 0.3) is 0 Å². The summed E-state index contributed by atoms with van der Waals surface area (Å²) in [6.45, 7) is -0.588. The van der Waals surface area contributed by atoms with E-state index in [1.165, 1.54) is 0 Å². The predicted molar refractivity (Wildman–Crippen MR) is 34.0 cm³/mol. The van der Waals surface area contributed by atoms with Crippen LogP contribution in [-0.4, -0.2) is 10.6 Å². The van der Waals surface area contributed by atoms with E-state index in [-0.39, 0.29) is 40.8 Å². The average molecular weight is 182 g/mol. The van der Waals surface area contributed by atoms with Crippen molar-refractivity contribution in [3.63, 3.8) is 0 Å². The summed E-state index contributed by atoms with van der Waals surface area (Å²) in [7, 11) is 0. The van der Waals surface area contributed by atoms with Gasteiger partial charge >= 0.3 is 29.6 Å². The van der Waals surface area contributed by atoms with E-state index in [1.54, 1.807) is 0 Å². The van der Waals surface area contributed by atoms with Crippen molar-refractivity contribution < 1.29 is 49.7 Å². The molecule has 0 aromatic carbocycles. The van der Waals surface area contributed by atoms with Crippen molar-refractivity contribution in [2.24, 2.45) is 0 Å². The average Bonchev–Trinajstić information content (AvgIpc) is 1.95. The SMILES string of the molecule is O.O=c1cc(C[O-])occ1O.[Na+]. The summed E-state index contributed by atoms with van der Waals surface area (Å²) in [5.41, 5.74) is -0.586. The van der Waals surface area contributed by atoms with Gasteiger partial charge in [0.2, 0.25) is 5.43 Å². The van der Waals surface area contributed by atoms with Crippen LogP contribution < -0.4 is 40.1 Å². The first-order valence-electron chi connectivity index (χ1n) is 2.63. The molecule has 1 rings (SSSR count). The van der Waals surface area contributed by atoms with E-state index in [0.717, 1.165) is 12.3 Å². The zero-order valence-electron chi connectivity index (χ0n) is 6.53. The molecule has 0 saturated heterocycles. The van der Waals surface area contributed by atoms with Crippen LogP contribution in [0.1, 0.15) is 5.76 Å². The van der Waals surface area contributed by atoms with Gasteiger partial charge in [-0.15, -0.1) is 0 Å². The van der Waals surface area contributed by atoms with Crippen LogP contribution in [0.2, 0.25) is 0 Å². The number of hydrogen-bond donors (Lipinski definition) is 1. The Kier molecular flexibility index (Phi) is 7.36. The Labute approximate surface area is 90.2 Å². The van der Waals surface area contributed by atoms with Crippen LogP contribution in [0.5, 0.6) is 5.75 Å². The minimum atomic E-state index is -0.588. The summed E-state index contributed by atoms with van der Waals surface area (Å²) >= 11 is 0. The fourth-order valence-corrected chi connectivity index (χ4v) is 0.519. The molecule has 0 bridgehead atoms. The monoisotopic (exact) mass is 182 g/mol. The number of aromatic hydroxyl groups is 1. The maximum atomic E-state index is 10.5. The molecule has 0 unspecified atom stereocenters. The van der Waals surface area contributed by atoms with Crippen LogP contribution in [0.4, 0.5) is 0 Å². The van der Waals surface area contributed by atoms with E-state index in [2.05, 4.69) is 4.42 Å². The second-order valence-electron chi connectivity index (χ2n) is 1.74. The van der Waals surface area contributed by atoms with Gasteiger partial charge in [-0.25, -0.2) is 0 Å². The number of hydrogen-bond acceptors (Lipinski definition) is 4. The molecule has 1 heterocycles. The first-order chi connectivity index (χ1) is 4.74. The minimum Gasteiger partial charge on any atom is -0.849 e. The molecule has 0 aliphatic heterocycles. The third-order valence-corrected chi connectivity index (χ3v) is 1.01. The Hall–Kier alpha value is -0.330. The first kappa shape index (κ1) is 14.2. The van der Waals surface area contributed by atoms with Gasteiger partial charge in [-0.1, -0.05) is 6.61 Å². The summed E-state index contributed by atoms with van der Waals surface area (Å²) in [6.07, 6.45) is 0.857. The largest absolute Gasteiger partial charge is 1.00 e. The normalized spacial score (nSPS) is 8.08. The van der Waals surface area contributed by atoms with Gasteiger partial charge in [0.1, 0.15) is 6.26 Å². The van der Waals surface area contributed by atoms with Crippen LogP contribution in [0, 0.1) is 0 Å². The Morgan fingerprint density at radius 2 is 2.17 bits per heavy atom. The van der Waals surface area contributed by atoms with E-state index in [1.807, 2.05) is 0 Å². The molecule has 0 aliphatic carbocycles. The standard InChI is InChI=1S/C6H5O4.Na.H2O/c7-2-4-1-5(8)6(9)3-10-4;;/h1,3,9H,2H2;;1H2/q-1;+1;. The zero-order chi connectivity index (χ0) is 7.56. The second kappa shape index (κ2) is 6.22. The fourth-order valence-electron chi connectivity index (χ4n) is 0.519. The molecule has 0 fully saturated rings. The van der Waals surface area contributed by atoms with Gasteiger partial charge in [0.05, 0.1) is 5.76 Å². The second-order valence-corrected chi connectivity index (χ2v) is 1.74. The van der Waals surface area contributed by atoms with E-state index in [9.17, 15) is 9.90 Å². The van der Waals surface area contributed by atoms with E-state index in [4.69, 9.17) is 5.11 Å². The quantitative estimate of drug-likeness (QED) is 0.441. The maximum Gasteiger partial charge on any atom is 1.00 e. The van der Waals surface area contributed by atoms with Gasteiger partial charge in [0.15, 0.2) is 5.75 Å². The Balaban J connectivity index is 0. The molecule has 3 N–H and O–H groups in total. The molecular weight excluding hydrogens is 175 g/mol. The summed E-state index contributed by atoms with van der Waals surface area (Å²) in [4.78, 5) is 10.5.